The van der Waals surface area contributed by atoms with Crippen LogP contribution in [-0.2, 0) is 16.1 Å². The van der Waals surface area contributed by atoms with Crippen LogP contribution in [0.4, 0.5) is 10.1 Å². The first-order chi connectivity index (χ1) is 15.0. The van der Waals surface area contributed by atoms with Gasteiger partial charge in [0.2, 0.25) is 5.91 Å². The number of aliphatic hydroxyl groups is 1. The zero-order chi connectivity index (χ0) is 21.8. The minimum atomic E-state index is -0.980. The molecule has 0 unspecified atom stereocenters. The first-order valence-electron chi connectivity index (χ1n) is 9.76. The molecule has 31 heavy (non-hydrogen) atoms. The molecule has 0 spiro atoms. The number of anilines is 1. The van der Waals surface area contributed by atoms with Crippen LogP contribution in [0.25, 0.3) is 0 Å². The van der Waals surface area contributed by atoms with Crippen molar-refractivity contribution in [1.29, 1.82) is 0 Å². The summed E-state index contributed by atoms with van der Waals surface area (Å²) in [4.78, 5) is 26.8. The van der Waals surface area contributed by atoms with Gasteiger partial charge in [0.15, 0.2) is 0 Å². The van der Waals surface area contributed by atoms with E-state index in [0.29, 0.717) is 16.1 Å². The Balaban J connectivity index is 1.47. The Kier molecular flexibility index (Phi) is 6.41. The van der Waals surface area contributed by atoms with E-state index in [2.05, 4.69) is 5.32 Å². The lowest BCUT2D eigenvalue weighted by Gasteiger charge is -2.38. The molecule has 1 aromatic heterocycles. The van der Waals surface area contributed by atoms with Gasteiger partial charge in [0.25, 0.3) is 5.91 Å². The Bertz CT molecular complexity index is 1040. The van der Waals surface area contributed by atoms with Gasteiger partial charge in [-0.05, 0) is 46.8 Å². The van der Waals surface area contributed by atoms with E-state index in [9.17, 15) is 19.1 Å². The van der Waals surface area contributed by atoms with Gasteiger partial charge >= 0.3 is 0 Å². The monoisotopic (exact) mass is 440 g/mol. The van der Waals surface area contributed by atoms with Crippen LogP contribution in [0.1, 0.15) is 26.9 Å². The van der Waals surface area contributed by atoms with Crippen LogP contribution in [-0.4, -0.2) is 41.1 Å². The van der Waals surface area contributed by atoms with Crippen molar-refractivity contribution in [2.24, 2.45) is 0 Å². The molecule has 1 aliphatic heterocycles. The Morgan fingerprint density at radius 3 is 2.61 bits per heavy atom. The first kappa shape index (κ1) is 21.2. The molecule has 6 nitrogen and oxygen atoms in total. The molecule has 2 amide bonds. The van der Waals surface area contributed by atoms with Crippen LogP contribution in [0.3, 0.4) is 0 Å². The van der Waals surface area contributed by atoms with Gasteiger partial charge in [-0.25, -0.2) is 4.39 Å². The van der Waals surface area contributed by atoms with Gasteiger partial charge < -0.3 is 20.1 Å². The summed E-state index contributed by atoms with van der Waals surface area (Å²) in [6.45, 7) is 0.377. The minimum Gasteiger partial charge on any atom is -0.386 e. The highest BCUT2D eigenvalue weighted by molar-refractivity contribution is 7.12. The molecular formula is C23H21FN2O4S. The number of thiophene rings is 1. The van der Waals surface area contributed by atoms with Gasteiger partial charge in [-0.1, -0.05) is 30.3 Å². The molecule has 2 N–H and O–H groups in total. The highest BCUT2D eigenvalue weighted by Gasteiger charge is 2.34. The lowest BCUT2D eigenvalue weighted by molar-refractivity contribution is -0.155. The number of halogens is 1. The fraction of sp³-hybridized carbons (Fsp3) is 0.217. The van der Waals surface area contributed by atoms with Crippen molar-refractivity contribution >= 4 is 28.8 Å². The first-order valence-corrected chi connectivity index (χ1v) is 10.6. The van der Waals surface area contributed by atoms with Crippen molar-refractivity contribution in [3.05, 3.63) is 87.9 Å². The second-order valence-corrected chi connectivity index (χ2v) is 8.18. The largest absolute Gasteiger partial charge is 0.386 e. The van der Waals surface area contributed by atoms with Crippen LogP contribution in [0, 0.1) is 5.82 Å². The fourth-order valence-corrected chi connectivity index (χ4v) is 4.08. The minimum absolute atomic E-state index is 0.0574. The SMILES string of the molecule is O=C(Nc1ccc([C@@H](O)[C@H]2COCC(=O)N2Cc2ccc(F)cc2)cc1)c1cccs1. The molecule has 8 heteroatoms. The quantitative estimate of drug-likeness (QED) is 0.614. The normalized spacial score (nSPS) is 17.4. The molecule has 2 aromatic carbocycles. The van der Waals surface area contributed by atoms with Crippen LogP contribution < -0.4 is 5.32 Å². The summed E-state index contributed by atoms with van der Waals surface area (Å²) in [5.41, 5.74) is 1.97. The maximum absolute atomic E-state index is 13.2. The van der Waals surface area contributed by atoms with E-state index < -0.39 is 12.1 Å². The molecule has 160 valence electrons. The number of carbonyl (C=O) groups is 2. The summed E-state index contributed by atoms with van der Waals surface area (Å²) >= 11 is 1.35. The summed E-state index contributed by atoms with van der Waals surface area (Å²) < 4.78 is 18.6. The Hall–Kier alpha value is -3.07. The molecule has 0 radical (unpaired) electrons. The van der Waals surface area contributed by atoms with Crippen molar-refractivity contribution in [2.45, 2.75) is 18.7 Å². The number of rotatable bonds is 6. The van der Waals surface area contributed by atoms with Gasteiger partial charge in [0, 0.05) is 12.2 Å². The lowest BCUT2D eigenvalue weighted by Crippen LogP contribution is -2.51. The van der Waals surface area contributed by atoms with Crippen LogP contribution >= 0.6 is 11.3 Å². The number of amides is 2. The molecule has 3 aromatic rings. The maximum Gasteiger partial charge on any atom is 0.265 e. The number of nitrogens with zero attached hydrogens (tertiary/aromatic N) is 1. The van der Waals surface area contributed by atoms with Crippen LogP contribution in [0.2, 0.25) is 0 Å². The summed E-state index contributed by atoms with van der Waals surface area (Å²) in [6, 6.07) is 15.7. The third-order valence-electron chi connectivity index (χ3n) is 5.12. The number of hydrogen-bond donors (Lipinski definition) is 2. The predicted molar refractivity (Wildman–Crippen MR) is 115 cm³/mol. The van der Waals surface area contributed by atoms with Crippen molar-refractivity contribution in [3.8, 4) is 0 Å². The molecule has 2 heterocycles. The average molecular weight is 440 g/mol. The van der Waals surface area contributed by atoms with Gasteiger partial charge in [-0.3, -0.25) is 9.59 Å². The second kappa shape index (κ2) is 9.38. The molecule has 4 rings (SSSR count). The van der Waals surface area contributed by atoms with E-state index in [1.54, 1.807) is 47.4 Å². The van der Waals surface area contributed by atoms with Crippen LogP contribution in [0.15, 0.2) is 66.0 Å². The summed E-state index contributed by atoms with van der Waals surface area (Å²) in [6.07, 6.45) is -0.980. The molecule has 0 aliphatic carbocycles. The zero-order valence-electron chi connectivity index (χ0n) is 16.5. The number of nitrogens with one attached hydrogen (secondary N) is 1. The molecule has 0 bridgehead atoms. The average Bonchev–Trinajstić information content (AvgIpc) is 3.32. The Morgan fingerprint density at radius 2 is 1.94 bits per heavy atom. The fourth-order valence-electron chi connectivity index (χ4n) is 3.46. The molecule has 0 saturated carbocycles. The third kappa shape index (κ3) is 4.99. The number of ether oxygens (including phenoxy) is 1. The van der Waals surface area contributed by atoms with Crippen molar-refractivity contribution in [3.63, 3.8) is 0 Å². The Labute approximate surface area is 182 Å². The lowest BCUT2D eigenvalue weighted by atomic mass is 9.99. The summed E-state index contributed by atoms with van der Waals surface area (Å²) in [5, 5.41) is 15.6. The molecule has 1 aliphatic rings. The van der Waals surface area contributed by atoms with Crippen molar-refractivity contribution in [1.82, 2.24) is 4.90 Å². The number of aliphatic hydroxyl groups excluding tert-OH is 1. The van der Waals surface area contributed by atoms with Gasteiger partial charge in [-0.15, -0.1) is 11.3 Å². The number of morpholine rings is 1. The Morgan fingerprint density at radius 1 is 1.19 bits per heavy atom. The van der Waals surface area contributed by atoms with E-state index in [4.69, 9.17) is 4.74 Å². The molecule has 2 atom stereocenters. The molecular weight excluding hydrogens is 419 g/mol. The van der Waals surface area contributed by atoms with E-state index in [1.807, 2.05) is 11.4 Å². The van der Waals surface area contributed by atoms with Gasteiger partial charge in [-0.2, -0.15) is 0 Å². The van der Waals surface area contributed by atoms with E-state index in [0.717, 1.165) is 5.56 Å². The smallest absolute Gasteiger partial charge is 0.265 e. The topological polar surface area (TPSA) is 78.9 Å². The summed E-state index contributed by atoms with van der Waals surface area (Å²) in [7, 11) is 0. The van der Waals surface area contributed by atoms with Gasteiger partial charge in [0.1, 0.15) is 18.5 Å². The predicted octanol–water partition coefficient (Wildman–Crippen LogP) is 3.60. The summed E-state index contributed by atoms with van der Waals surface area (Å²) in [5.74, 6) is -0.778. The number of hydrogen-bond acceptors (Lipinski definition) is 5. The second-order valence-electron chi connectivity index (χ2n) is 7.23. The number of carbonyl (C=O) groups excluding carboxylic acids is 2. The van der Waals surface area contributed by atoms with Crippen molar-refractivity contribution < 1.29 is 23.8 Å². The van der Waals surface area contributed by atoms with Crippen molar-refractivity contribution in [2.75, 3.05) is 18.5 Å². The van der Waals surface area contributed by atoms with E-state index >= 15 is 0 Å². The third-order valence-corrected chi connectivity index (χ3v) is 5.99. The molecule has 1 saturated heterocycles. The zero-order valence-corrected chi connectivity index (χ0v) is 17.3. The highest BCUT2D eigenvalue weighted by Crippen LogP contribution is 2.27. The standard InChI is InChI=1S/C23H21FN2O4S/c24-17-7-3-15(4-8-17)12-26-19(13-30-14-21(26)27)22(28)16-5-9-18(10-6-16)25-23(29)20-2-1-11-31-20/h1-11,19,22,28H,12-14H2,(H,25,29)/t19-,22-/m1/s1. The number of benzene rings is 2. The highest BCUT2D eigenvalue weighted by atomic mass is 32.1. The maximum atomic E-state index is 13.2. The van der Waals surface area contributed by atoms with E-state index in [-0.39, 0.29) is 37.4 Å². The van der Waals surface area contributed by atoms with E-state index in [1.165, 1.54) is 23.5 Å². The molecule has 1 fully saturated rings. The van der Waals surface area contributed by atoms with Crippen LogP contribution in [0.5, 0.6) is 0 Å². The van der Waals surface area contributed by atoms with Gasteiger partial charge in [0.05, 0.1) is 17.5 Å².